The first kappa shape index (κ1) is 21.0. The van der Waals surface area contributed by atoms with Crippen molar-refractivity contribution < 1.29 is 24.2 Å². The van der Waals surface area contributed by atoms with E-state index in [4.69, 9.17) is 9.47 Å². The van der Waals surface area contributed by atoms with Crippen molar-refractivity contribution in [1.29, 1.82) is 0 Å². The van der Waals surface area contributed by atoms with Gasteiger partial charge in [0, 0.05) is 31.2 Å². The number of amides is 1. The van der Waals surface area contributed by atoms with Crippen LogP contribution in [0.2, 0.25) is 0 Å². The van der Waals surface area contributed by atoms with E-state index in [-0.39, 0.29) is 25.0 Å². The topological polar surface area (TPSA) is 76.1 Å². The van der Waals surface area contributed by atoms with Crippen LogP contribution < -0.4 is 0 Å². The molecule has 0 saturated carbocycles. The van der Waals surface area contributed by atoms with Crippen LogP contribution in [0.1, 0.15) is 43.2 Å². The lowest BCUT2D eigenvalue weighted by molar-refractivity contribution is -0.141. The van der Waals surface area contributed by atoms with Crippen LogP contribution in [0.25, 0.3) is 11.1 Å². The minimum atomic E-state index is -0.850. The van der Waals surface area contributed by atoms with Crippen LogP contribution in [0.4, 0.5) is 4.79 Å². The maximum absolute atomic E-state index is 13.3. The third-order valence-corrected chi connectivity index (χ3v) is 7.69. The number of carboxylic acid groups (broad SMARTS) is 1. The van der Waals surface area contributed by atoms with Gasteiger partial charge >= 0.3 is 12.1 Å². The third-order valence-electron chi connectivity index (χ3n) is 7.69. The second kappa shape index (κ2) is 8.24. The van der Waals surface area contributed by atoms with Crippen LogP contribution in [0.3, 0.4) is 0 Å². The van der Waals surface area contributed by atoms with Crippen molar-refractivity contribution >= 4 is 12.1 Å². The summed E-state index contributed by atoms with van der Waals surface area (Å²) in [6.45, 7) is 3.76. The van der Waals surface area contributed by atoms with E-state index in [9.17, 15) is 14.7 Å². The summed E-state index contributed by atoms with van der Waals surface area (Å²) in [7, 11) is 0. The molecule has 1 N–H and O–H groups in total. The Morgan fingerprint density at radius 3 is 2.25 bits per heavy atom. The van der Waals surface area contributed by atoms with E-state index >= 15 is 0 Å². The fourth-order valence-corrected chi connectivity index (χ4v) is 5.93. The minimum Gasteiger partial charge on any atom is -0.481 e. The number of benzene rings is 2. The number of rotatable bonds is 4. The summed E-state index contributed by atoms with van der Waals surface area (Å²) in [5, 5.41) is 9.66. The van der Waals surface area contributed by atoms with Gasteiger partial charge in [0.15, 0.2) is 0 Å². The molecule has 2 aromatic carbocycles. The van der Waals surface area contributed by atoms with Crippen molar-refractivity contribution in [2.75, 3.05) is 26.4 Å². The Morgan fingerprint density at radius 2 is 1.66 bits per heavy atom. The number of carboxylic acids is 1. The summed E-state index contributed by atoms with van der Waals surface area (Å²) in [6.07, 6.45) is 1.70. The van der Waals surface area contributed by atoms with Gasteiger partial charge in [0.25, 0.3) is 0 Å². The van der Waals surface area contributed by atoms with Crippen molar-refractivity contribution in [3.63, 3.8) is 0 Å². The maximum atomic E-state index is 13.3. The van der Waals surface area contributed by atoms with Gasteiger partial charge in [-0.3, -0.25) is 4.79 Å². The first-order valence-corrected chi connectivity index (χ1v) is 11.4. The zero-order valence-electron chi connectivity index (χ0n) is 18.3. The molecule has 6 nitrogen and oxygen atoms in total. The van der Waals surface area contributed by atoms with Crippen LogP contribution in [0.15, 0.2) is 48.5 Å². The molecule has 1 aliphatic carbocycles. The standard InChI is InChI=1S/C26H29NO5/c1-26(18-10-12-31-13-11-18)14-17(24(28)29)15-27(26)25(30)32-16-23-21-8-4-2-6-19(21)20-7-3-5-9-22(20)23/h2-9,17-18,23H,10-16H2,1H3,(H,28,29). The number of aliphatic carboxylic acids is 1. The first-order chi connectivity index (χ1) is 15.5. The predicted molar refractivity (Wildman–Crippen MR) is 119 cm³/mol. The number of carbonyl (C=O) groups excluding carboxylic acids is 1. The number of nitrogens with zero attached hydrogens (tertiary/aromatic N) is 1. The minimum absolute atomic E-state index is 0.0152. The fourth-order valence-electron chi connectivity index (χ4n) is 5.93. The highest BCUT2D eigenvalue weighted by Crippen LogP contribution is 2.46. The van der Waals surface area contributed by atoms with E-state index in [1.807, 2.05) is 31.2 Å². The summed E-state index contributed by atoms with van der Waals surface area (Å²) >= 11 is 0. The molecule has 0 spiro atoms. The van der Waals surface area contributed by atoms with Crippen LogP contribution in [0.5, 0.6) is 0 Å². The van der Waals surface area contributed by atoms with Gasteiger partial charge in [0.1, 0.15) is 6.61 Å². The number of hydrogen-bond acceptors (Lipinski definition) is 4. The molecule has 2 saturated heterocycles. The molecule has 3 aliphatic rings. The van der Waals surface area contributed by atoms with E-state index < -0.39 is 23.5 Å². The molecule has 0 radical (unpaired) electrons. The van der Waals surface area contributed by atoms with Crippen molar-refractivity contribution in [2.45, 2.75) is 37.6 Å². The van der Waals surface area contributed by atoms with E-state index in [0.29, 0.717) is 19.6 Å². The molecule has 5 rings (SSSR count). The highest BCUT2D eigenvalue weighted by molar-refractivity contribution is 5.79. The van der Waals surface area contributed by atoms with E-state index in [1.54, 1.807) is 4.90 Å². The monoisotopic (exact) mass is 435 g/mol. The summed E-state index contributed by atoms with van der Waals surface area (Å²) in [4.78, 5) is 26.8. The molecule has 0 bridgehead atoms. The summed E-state index contributed by atoms with van der Waals surface area (Å²) in [5.41, 5.74) is 4.17. The van der Waals surface area contributed by atoms with Crippen molar-refractivity contribution in [3.05, 3.63) is 59.7 Å². The van der Waals surface area contributed by atoms with Crippen LogP contribution in [-0.2, 0) is 14.3 Å². The molecule has 6 heteroatoms. The summed E-state index contributed by atoms with van der Waals surface area (Å²) in [5.74, 6) is -1.22. The van der Waals surface area contributed by atoms with Crippen LogP contribution >= 0.6 is 0 Å². The smallest absolute Gasteiger partial charge is 0.410 e. The van der Waals surface area contributed by atoms with E-state index in [1.165, 1.54) is 22.3 Å². The van der Waals surface area contributed by atoms with Gasteiger partial charge in [-0.2, -0.15) is 0 Å². The number of likely N-dealkylation sites (tertiary alicyclic amines) is 1. The Labute approximate surface area is 188 Å². The van der Waals surface area contributed by atoms with Gasteiger partial charge in [0.2, 0.25) is 0 Å². The maximum Gasteiger partial charge on any atom is 0.410 e. The van der Waals surface area contributed by atoms with Crippen molar-refractivity contribution in [1.82, 2.24) is 4.90 Å². The zero-order valence-corrected chi connectivity index (χ0v) is 18.3. The molecular weight excluding hydrogens is 406 g/mol. The van der Waals surface area contributed by atoms with Gasteiger partial charge in [-0.1, -0.05) is 48.5 Å². The molecule has 1 amide bonds. The molecule has 2 heterocycles. The normalized spacial score (nSPS) is 25.4. The largest absolute Gasteiger partial charge is 0.481 e. The summed E-state index contributed by atoms with van der Waals surface area (Å²) in [6, 6.07) is 16.5. The van der Waals surface area contributed by atoms with Crippen molar-refractivity contribution in [2.24, 2.45) is 11.8 Å². The van der Waals surface area contributed by atoms with E-state index in [0.717, 1.165) is 12.8 Å². The molecule has 0 aromatic heterocycles. The fraction of sp³-hybridized carbons (Fsp3) is 0.462. The lowest BCUT2D eigenvalue weighted by atomic mass is 9.77. The molecule has 2 aromatic rings. The quantitative estimate of drug-likeness (QED) is 0.764. The average Bonchev–Trinajstić information content (AvgIpc) is 3.35. The van der Waals surface area contributed by atoms with Crippen LogP contribution in [-0.4, -0.2) is 54.0 Å². The first-order valence-electron chi connectivity index (χ1n) is 11.4. The van der Waals surface area contributed by atoms with Gasteiger partial charge in [-0.05, 0) is 54.4 Å². The second-order valence-corrected chi connectivity index (χ2v) is 9.40. The highest BCUT2D eigenvalue weighted by Gasteiger charge is 2.52. The van der Waals surface area contributed by atoms with Gasteiger partial charge in [-0.15, -0.1) is 0 Å². The SMILES string of the molecule is CC1(C2CCOCC2)CC(C(=O)O)CN1C(=O)OCC1c2ccccc2-c2ccccc21. The number of ether oxygens (including phenoxy) is 2. The highest BCUT2D eigenvalue weighted by atomic mass is 16.6. The molecule has 168 valence electrons. The van der Waals surface area contributed by atoms with Crippen molar-refractivity contribution in [3.8, 4) is 11.1 Å². The van der Waals surface area contributed by atoms with Gasteiger partial charge in [-0.25, -0.2) is 4.79 Å². The van der Waals surface area contributed by atoms with Gasteiger partial charge in [0.05, 0.1) is 5.92 Å². The van der Waals surface area contributed by atoms with E-state index in [2.05, 4.69) is 24.3 Å². The zero-order chi connectivity index (χ0) is 22.3. The molecular formula is C26H29NO5. The molecule has 32 heavy (non-hydrogen) atoms. The Kier molecular flexibility index (Phi) is 5.41. The molecule has 2 aliphatic heterocycles. The third kappa shape index (κ3) is 3.47. The molecule has 2 fully saturated rings. The Balaban J connectivity index is 1.36. The average molecular weight is 436 g/mol. The number of fused-ring (bicyclic) bond motifs is 3. The Bertz CT molecular complexity index is 985. The van der Waals surface area contributed by atoms with Gasteiger partial charge < -0.3 is 19.5 Å². The van der Waals surface area contributed by atoms with Crippen LogP contribution in [0, 0.1) is 11.8 Å². The molecule has 2 atom stereocenters. The Hall–Kier alpha value is -2.86. The second-order valence-electron chi connectivity index (χ2n) is 9.40. The Morgan fingerprint density at radius 1 is 1.06 bits per heavy atom. The predicted octanol–water partition coefficient (Wildman–Crippen LogP) is 4.53. The lowest BCUT2D eigenvalue weighted by Gasteiger charge is -2.42. The molecule has 2 unspecified atom stereocenters. The number of hydrogen-bond donors (Lipinski definition) is 1. The summed E-state index contributed by atoms with van der Waals surface area (Å²) < 4.78 is 11.4. The lowest BCUT2D eigenvalue weighted by Crippen LogP contribution is -2.51. The number of carbonyl (C=O) groups is 2.